The maximum atomic E-state index is 13.2. The van der Waals surface area contributed by atoms with Crippen LogP contribution in [0.2, 0.25) is 0 Å². The van der Waals surface area contributed by atoms with Gasteiger partial charge in [-0.15, -0.1) is 0 Å². The highest BCUT2D eigenvalue weighted by molar-refractivity contribution is 6.13. The lowest BCUT2D eigenvalue weighted by molar-refractivity contribution is -0.117. The van der Waals surface area contributed by atoms with Gasteiger partial charge in [0.2, 0.25) is 5.91 Å². The minimum Gasteiger partial charge on any atom is -0.324 e. The van der Waals surface area contributed by atoms with E-state index in [0.29, 0.717) is 16.8 Å². The van der Waals surface area contributed by atoms with Gasteiger partial charge in [0.15, 0.2) is 5.69 Å². The number of carbonyl (C=O) groups excluding carboxylic acids is 2. The molecule has 0 atom stereocenters. The number of amides is 2. The largest absolute Gasteiger partial charge is 0.324 e. The standard InChI is InChI=1S/C28H31N7O2/c1-18(13-19(15-29-2)17-35-11-3-4-12-35)21-7-8-23-22(14-21)26(34-33-23)28(37)32-25-16-30-10-9-24(25)31-27(36)20-5-6-20/h7-10,13-16,20H,2-6,11-12,17H2,1H3,(H,32,37)(H,33,34)(H,30,31,36)/b18-13+,19-15+. The molecule has 9 nitrogen and oxygen atoms in total. The number of aliphatic imine (C=N–C) groups is 1. The van der Waals surface area contributed by atoms with Crippen LogP contribution in [-0.2, 0) is 4.79 Å². The lowest BCUT2D eigenvalue weighted by atomic mass is 10.0. The van der Waals surface area contributed by atoms with Gasteiger partial charge in [0.05, 0.1) is 23.1 Å². The number of likely N-dealkylation sites (tertiary alicyclic amines) is 1. The van der Waals surface area contributed by atoms with Gasteiger partial charge in [-0.1, -0.05) is 12.1 Å². The lowest BCUT2D eigenvalue weighted by Crippen LogP contribution is -2.21. The fraction of sp³-hybridized carbons (Fsp3) is 0.321. The predicted octanol–water partition coefficient (Wildman–Crippen LogP) is 4.64. The van der Waals surface area contributed by atoms with Crippen molar-refractivity contribution in [1.82, 2.24) is 20.1 Å². The Bertz CT molecular complexity index is 1390. The summed E-state index contributed by atoms with van der Waals surface area (Å²) in [6, 6.07) is 7.58. The molecule has 2 aliphatic rings. The van der Waals surface area contributed by atoms with Crippen LogP contribution >= 0.6 is 0 Å². The molecule has 9 heteroatoms. The molecule has 1 saturated heterocycles. The summed E-state index contributed by atoms with van der Waals surface area (Å²) in [4.78, 5) is 36.0. The molecule has 0 unspecified atom stereocenters. The number of nitrogens with one attached hydrogen (secondary N) is 3. The van der Waals surface area contributed by atoms with Crippen molar-refractivity contribution in [2.45, 2.75) is 32.6 Å². The van der Waals surface area contributed by atoms with Gasteiger partial charge in [0, 0.05) is 30.2 Å². The fourth-order valence-corrected chi connectivity index (χ4v) is 4.60. The van der Waals surface area contributed by atoms with Crippen molar-refractivity contribution in [3.8, 4) is 0 Å². The molecule has 3 heterocycles. The third-order valence-electron chi connectivity index (χ3n) is 6.77. The number of H-pyrrole nitrogens is 1. The first-order valence-electron chi connectivity index (χ1n) is 12.6. The van der Waals surface area contributed by atoms with Crippen molar-refractivity contribution in [2.75, 3.05) is 30.3 Å². The second-order valence-electron chi connectivity index (χ2n) is 9.67. The van der Waals surface area contributed by atoms with Crippen LogP contribution in [-0.4, -0.2) is 58.2 Å². The van der Waals surface area contributed by atoms with E-state index in [1.807, 2.05) is 31.3 Å². The Kier molecular flexibility index (Phi) is 7.23. The van der Waals surface area contributed by atoms with Crippen LogP contribution in [0.4, 0.5) is 11.4 Å². The van der Waals surface area contributed by atoms with Crippen LogP contribution in [0.3, 0.4) is 0 Å². The number of pyridine rings is 1. The second-order valence-corrected chi connectivity index (χ2v) is 9.67. The topological polar surface area (TPSA) is 115 Å². The molecule has 1 aromatic carbocycles. The number of carbonyl (C=O) groups is 2. The van der Waals surface area contributed by atoms with E-state index >= 15 is 0 Å². The van der Waals surface area contributed by atoms with E-state index < -0.39 is 0 Å². The number of hydrogen-bond acceptors (Lipinski definition) is 6. The Morgan fingerprint density at radius 3 is 2.76 bits per heavy atom. The Labute approximate surface area is 215 Å². The van der Waals surface area contributed by atoms with Gasteiger partial charge in [-0.3, -0.25) is 29.6 Å². The summed E-state index contributed by atoms with van der Waals surface area (Å²) in [5.41, 5.74) is 5.12. The molecule has 2 aromatic heterocycles. The Morgan fingerprint density at radius 2 is 2.00 bits per heavy atom. The summed E-state index contributed by atoms with van der Waals surface area (Å²) < 4.78 is 0. The van der Waals surface area contributed by atoms with Gasteiger partial charge in [0.25, 0.3) is 5.91 Å². The minimum atomic E-state index is -0.384. The quantitative estimate of drug-likeness (QED) is 0.294. The number of fused-ring (bicyclic) bond motifs is 1. The highest BCUT2D eigenvalue weighted by Crippen LogP contribution is 2.32. The van der Waals surface area contributed by atoms with E-state index in [1.54, 1.807) is 12.3 Å². The average molecular weight is 498 g/mol. The first kappa shape index (κ1) is 24.6. The zero-order valence-corrected chi connectivity index (χ0v) is 21.0. The van der Waals surface area contributed by atoms with E-state index in [0.717, 1.165) is 54.7 Å². The molecule has 3 N–H and O–H groups in total. The smallest absolute Gasteiger partial charge is 0.276 e. The first-order chi connectivity index (χ1) is 18.0. The van der Waals surface area contributed by atoms with Crippen molar-refractivity contribution < 1.29 is 9.59 Å². The second kappa shape index (κ2) is 10.9. The van der Waals surface area contributed by atoms with Crippen LogP contribution in [0.25, 0.3) is 16.5 Å². The molecule has 1 saturated carbocycles. The molecule has 1 aliphatic heterocycles. The molecule has 190 valence electrons. The summed E-state index contributed by atoms with van der Waals surface area (Å²) in [5, 5.41) is 13.7. The first-order valence-corrected chi connectivity index (χ1v) is 12.6. The Morgan fingerprint density at radius 1 is 1.19 bits per heavy atom. The maximum Gasteiger partial charge on any atom is 0.276 e. The van der Waals surface area contributed by atoms with E-state index in [1.165, 1.54) is 19.0 Å². The molecule has 3 aromatic rings. The summed E-state index contributed by atoms with van der Waals surface area (Å²) in [7, 11) is 0. The van der Waals surface area contributed by atoms with Crippen molar-refractivity contribution in [3.05, 3.63) is 65.8 Å². The monoisotopic (exact) mass is 497 g/mol. The average Bonchev–Trinajstić information content (AvgIpc) is 3.46. The van der Waals surface area contributed by atoms with Gasteiger partial charge in [-0.2, -0.15) is 5.10 Å². The number of aromatic amines is 1. The zero-order chi connectivity index (χ0) is 25.8. The Balaban J connectivity index is 1.37. The highest BCUT2D eigenvalue weighted by atomic mass is 16.2. The molecular weight excluding hydrogens is 466 g/mol. The van der Waals surface area contributed by atoms with Crippen LogP contribution in [0.1, 0.15) is 48.7 Å². The van der Waals surface area contributed by atoms with Crippen molar-refractivity contribution in [3.63, 3.8) is 0 Å². The van der Waals surface area contributed by atoms with Gasteiger partial charge in [-0.25, -0.2) is 0 Å². The third kappa shape index (κ3) is 5.83. The van der Waals surface area contributed by atoms with Gasteiger partial charge < -0.3 is 10.6 Å². The molecule has 1 aliphatic carbocycles. The molecule has 2 fully saturated rings. The number of anilines is 2. The zero-order valence-electron chi connectivity index (χ0n) is 21.0. The number of aromatic nitrogens is 3. The van der Waals surface area contributed by atoms with Gasteiger partial charge >= 0.3 is 0 Å². The van der Waals surface area contributed by atoms with Crippen molar-refractivity contribution in [2.24, 2.45) is 10.9 Å². The summed E-state index contributed by atoms with van der Waals surface area (Å²) in [6.45, 7) is 8.72. The van der Waals surface area contributed by atoms with Crippen LogP contribution in [0.5, 0.6) is 0 Å². The number of hydrogen-bond donors (Lipinski definition) is 3. The summed E-state index contributed by atoms with van der Waals surface area (Å²) in [5.74, 6) is -0.372. The molecular formula is C28H31N7O2. The van der Waals surface area contributed by atoms with Crippen molar-refractivity contribution >= 4 is 46.4 Å². The van der Waals surface area contributed by atoms with Gasteiger partial charge in [-0.05, 0) is 87.3 Å². The van der Waals surface area contributed by atoms with E-state index in [9.17, 15) is 9.59 Å². The van der Waals surface area contributed by atoms with E-state index in [-0.39, 0.29) is 23.4 Å². The van der Waals surface area contributed by atoms with E-state index in [4.69, 9.17) is 0 Å². The SMILES string of the molecule is C=N/C=C(\C=C(/C)c1ccc2[nH]nc(C(=O)Nc3cnccc3NC(=O)C3CC3)c2c1)CN1CCCC1. The van der Waals surface area contributed by atoms with Gasteiger partial charge in [0.1, 0.15) is 0 Å². The third-order valence-corrected chi connectivity index (χ3v) is 6.77. The summed E-state index contributed by atoms with van der Waals surface area (Å²) in [6.07, 6.45) is 11.3. The molecule has 5 rings (SSSR count). The van der Waals surface area contributed by atoms with Crippen LogP contribution in [0.15, 0.2) is 59.5 Å². The normalized spacial score (nSPS) is 16.7. The molecule has 37 heavy (non-hydrogen) atoms. The molecule has 0 radical (unpaired) electrons. The van der Waals surface area contributed by atoms with Crippen molar-refractivity contribution in [1.29, 1.82) is 0 Å². The minimum absolute atomic E-state index is 0.0383. The number of benzene rings is 1. The van der Waals surface area contributed by atoms with E-state index in [2.05, 4.69) is 48.5 Å². The predicted molar refractivity (Wildman–Crippen MR) is 147 cm³/mol. The molecule has 2 amide bonds. The number of nitrogens with zero attached hydrogens (tertiary/aromatic N) is 4. The summed E-state index contributed by atoms with van der Waals surface area (Å²) >= 11 is 0. The number of allylic oxidation sites excluding steroid dienone is 1. The van der Waals surface area contributed by atoms with Crippen LogP contribution < -0.4 is 10.6 Å². The lowest BCUT2D eigenvalue weighted by Gasteiger charge is -2.15. The Hall–Kier alpha value is -4.11. The molecule has 0 bridgehead atoms. The molecule has 0 spiro atoms. The number of rotatable bonds is 9. The maximum absolute atomic E-state index is 13.2. The highest BCUT2D eigenvalue weighted by Gasteiger charge is 2.30. The fourth-order valence-electron chi connectivity index (χ4n) is 4.60. The van der Waals surface area contributed by atoms with Crippen LogP contribution in [0, 0.1) is 5.92 Å².